The number of carbonyl (C=O) groups is 1. The minimum absolute atomic E-state index is 0.0559. The number of rotatable bonds is 5. The Labute approximate surface area is 99.3 Å². The lowest BCUT2D eigenvalue weighted by molar-refractivity contribution is 0.0229. The van der Waals surface area contributed by atoms with E-state index < -0.39 is 5.97 Å². The molecule has 1 saturated heterocycles. The Kier molecular flexibility index (Phi) is 3.81. The molecule has 5 nitrogen and oxygen atoms in total. The first-order valence-corrected chi connectivity index (χ1v) is 5.69. The molecule has 2 heterocycles. The second kappa shape index (κ2) is 5.33. The standard InChI is InChI=1S/C12H16O5/c1-8(16-7-9-4-5-15-6-9)10-2-3-11(17-10)12(13)14/h2-3,8-9H,4-7H2,1H3,(H,13,14). The molecule has 1 aliphatic rings. The van der Waals surface area contributed by atoms with Crippen LogP contribution in [0.5, 0.6) is 0 Å². The third-order valence-corrected chi connectivity index (χ3v) is 2.84. The van der Waals surface area contributed by atoms with Crippen LogP contribution in [0.2, 0.25) is 0 Å². The van der Waals surface area contributed by atoms with Gasteiger partial charge in [-0.2, -0.15) is 0 Å². The van der Waals surface area contributed by atoms with Crippen molar-refractivity contribution in [1.29, 1.82) is 0 Å². The number of carboxylic acids is 1. The summed E-state index contributed by atoms with van der Waals surface area (Å²) in [6.07, 6.45) is 0.786. The molecule has 0 radical (unpaired) electrons. The smallest absolute Gasteiger partial charge is 0.371 e. The summed E-state index contributed by atoms with van der Waals surface area (Å²) in [5, 5.41) is 8.73. The number of ether oxygens (including phenoxy) is 2. The third kappa shape index (κ3) is 3.08. The molecule has 0 aliphatic carbocycles. The first-order valence-electron chi connectivity index (χ1n) is 5.69. The molecular weight excluding hydrogens is 224 g/mol. The first-order chi connectivity index (χ1) is 8.16. The minimum atomic E-state index is -1.06. The van der Waals surface area contributed by atoms with Gasteiger partial charge in [0.05, 0.1) is 13.2 Å². The maximum absolute atomic E-state index is 10.7. The Bertz CT molecular complexity index is 378. The Morgan fingerprint density at radius 1 is 1.65 bits per heavy atom. The lowest BCUT2D eigenvalue weighted by atomic mass is 10.1. The topological polar surface area (TPSA) is 68.9 Å². The lowest BCUT2D eigenvalue weighted by Gasteiger charge is -2.13. The van der Waals surface area contributed by atoms with Crippen molar-refractivity contribution in [3.05, 3.63) is 23.7 Å². The number of furan rings is 1. The molecule has 2 rings (SSSR count). The number of aromatic carboxylic acids is 1. The van der Waals surface area contributed by atoms with Crippen LogP contribution in [-0.2, 0) is 9.47 Å². The van der Waals surface area contributed by atoms with Gasteiger partial charge in [-0.25, -0.2) is 4.79 Å². The van der Waals surface area contributed by atoms with Gasteiger partial charge in [-0.05, 0) is 25.5 Å². The van der Waals surface area contributed by atoms with Crippen LogP contribution in [0.3, 0.4) is 0 Å². The molecule has 1 aliphatic heterocycles. The van der Waals surface area contributed by atoms with Crippen LogP contribution in [0.4, 0.5) is 0 Å². The fourth-order valence-corrected chi connectivity index (χ4v) is 1.76. The van der Waals surface area contributed by atoms with E-state index in [1.165, 1.54) is 6.07 Å². The largest absolute Gasteiger partial charge is 0.475 e. The van der Waals surface area contributed by atoms with E-state index in [-0.39, 0.29) is 11.9 Å². The highest BCUT2D eigenvalue weighted by Gasteiger charge is 2.19. The lowest BCUT2D eigenvalue weighted by Crippen LogP contribution is -2.11. The molecule has 17 heavy (non-hydrogen) atoms. The Morgan fingerprint density at radius 3 is 3.06 bits per heavy atom. The molecule has 5 heteroatoms. The van der Waals surface area contributed by atoms with Crippen molar-refractivity contribution in [3.8, 4) is 0 Å². The molecule has 1 aromatic heterocycles. The van der Waals surface area contributed by atoms with Crippen LogP contribution >= 0.6 is 0 Å². The summed E-state index contributed by atoms with van der Waals surface area (Å²) in [5.74, 6) is -0.139. The van der Waals surface area contributed by atoms with Gasteiger partial charge in [-0.15, -0.1) is 0 Å². The van der Waals surface area contributed by atoms with E-state index >= 15 is 0 Å². The molecule has 0 spiro atoms. The van der Waals surface area contributed by atoms with Gasteiger partial charge in [0.2, 0.25) is 5.76 Å². The number of hydrogen-bond donors (Lipinski definition) is 1. The fourth-order valence-electron chi connectivity index (χ4n) is 1.76. The highest BCUT2D eigenvalue weighted by molar-refractivity contribution is 5.84. The zero-order chi connectivity index (χ0) is 12.3. The van der Waals surface area contributed by atoms with Gasteiger partial charge < -0.3 is 19.0 Å². The first kappa shape index (κ1) is 12.1. The average molecular weight is 240 g/mol. The van der Waals surface area contributed by atoms with Crippen molar-refractivity contribution in [2.75, 3.05) is 19.8 Å². The number of carboxylic acid groups (broad SMARTS) is 1. The molecular formula is C12H16O5. The van der Waals surface area contributed by atoms with Crippen LogP contribution in [0.15, 0.2) is 16.5 Å². The highest BCUT2D eigenvalue weighted by Crippen LogP contribution is 2.22. The molecule has 0 saturated carbocycles. The summed E-state index contributed by atoms with van der Waals surface area (Å²) in [4.78, 5) is 10.7. The van der Waals surface area contributed by atoms with Crippen LogP contribution in [-0.4, -0.2) is 30.9 Å². The summed E-state index contributed by atoms with van der Waals surface area (Å²) in [7, 11) is 0. The normalized spacial score (nSPS) is 21.6. The van der Waals surface area contributed by atoms with Crippen molar-refractivity contribution in [2.24, 2.45) is 5.92 Å². The molecule has 1 aromatic rings. The monoisotopic (exact) mass is 240 g/mol. The minimum Gasteiger partial charge on any atom is -0.475 e. The molecule has 2 atom stereocenters. The summed E-state index contributed by atoms with van der Waals surface area (Å²) >= 11 is 0. The van der Waals surface area contributed by atoms with E-state index in [0.717, 1.165) is 19.6 Å². The van der Waals surface area contributed by atoms with Crippen LogP contribution < -0.4 is 0 Å². The predicted molar refractivity (Wildman–Crippen MR) is 59.0 cm³/mol. The Morgan fingerprint density at radius 2 is 2.47 bits per heavy atom. The molecule has 2 unspecified atom stereocenters. The van der Waals surface area contributed by atoms with Crippen LogP contribution in [0.1, 0.15) is 35.8 Å². The van der Waals surface area contributed by atoms with Gasteiger partial charge in [-0.3, -0.25) is 0 Å². The second-order valence-electron chi connectivity index (χ2n) is 4.21. The summed E-state index contributed by atoms with van der Waals surface area (Å²) in [6, 6.07) is 3.08. The number of hydrogen-bond acceptors (Lipinski definition) is 4. The maximum Gasteiger partial charge on any atom is 0.371 e. The van der Waals surface area contributed by atoms with E-state index in [1.807, 2.05) is 6.92 Å². The molecule has 1 fully saturated rings. The summed E-state index contributed by atoms with van der Waals surface area (Å²) in [6.45, 7) is 4.00. The van der Waals surface area contributed by atoms with Crippen molar-refractivity contribution in [1.82, 2.24) is 0 Å². The van der Waals surface area contributed by atoms with Gasteiger partial charge in [0, 0.05) is 12.5 Å². The zero-order valence-corrected chi connectivity index (χ0v) is 9.72. The molecule has 0 aromatic carbocycles. The Balaban J connectivity index is 1.85. The fraction of sp³-hybridized carbons (Fsp3) is 0.583. The SMILES string of the molecule is CC(OCC1CCOC1)c1ccc(C(=O)O)o1. The van der Waals surface area contributed by atoms with Crippen molar-refractivity contribution in [3.63, 3.8) is 0 Å². The molecule has 0 bridgehead atoms. The zero-order valence-electron chi connectivity index (χ0n) is 9.72. The van der Waals surface area contributed by atoms with Gasteiger partial charge in [0.1, 0.15) is 11.9 Å². The molecule has 94 valence electrons. The molecule has 0 amide bonds. The second-order valence-corrected chi connectivity index (χ2v) is 4.21. The van der Waals surface area contributed by atoms with E-state index in [2.05, 4.69) is 0 Å². The van der Waals surface area contributed by atoms with Gasteiger partial charge in [0.15, 0.2) is 0 Å². The van der Waals surface area contributed by atoms with Gasteiger partial charge >= 0.3 is 5.97 Å². The van der Waals surface area contributed by atoms with Gasteiger partial charge in [0.25, 0.3) is 0 Å². The van der Waals surface area contributed by atoms with Crippen LogP contribution in [0, 0.1) is 5.92 Å². The van der Waals surface area contributed by atoms with E-state index in [9.17, 15) is 4.79 Å². The van der Waals surface area contributed by atoms with E-state index in [0.29, 0.717) is 18.3 Å². The quantitative estimate of drug-likeness (QED) is 0.853. The predicted octanol–water partition coefficient (Wildman–Crippen LogP) is 2.09. The molecule has 1 N–H and O–H groups in total. The van der Waals surface area contributed by atoms with Crippen molar-refractivity contribution in [2.45, 2.75) is 19.4 Å². The van der Waals surface area contributed by atoms with Gasteiger partial charge in [-0.1, -0.05) is 0 Å². The van der Waals surface area contributed by atoms with Crippen LogP contribution in [0.25, 0.3) is 0 Å². The van der Waals surface area contributed by atoms with E-state index in [4.69, 9.17) is 19.0 Å². The average Bonchev–Trinajstić information content (AvgIpc) is 2.96. The third-order valence-electron chi connectivity index (χ3n) is 2.84. The summed E-state index contributed by atoms with van der Waals surface area (Å²) < 4.78 is 16.1. The maximum atomic E-state index is 10.7. The summed E-state index contributed by atoms with van der Waals surface area (Å²) in [5.41, 5.74) is 0. The Hall–Kier alpha value is -1.33. The van der Waals surface area contributed by atoms with Crippen molar-refractivity contribution >= 4 is 5.97 Å². The highest BCUT2D eigenvalue weighted by atomic mass is 16.5. The van der Waals surface area contributed by atoms with E-state index in [1.54, 1.807) is 6.07 Å². The van der Waals surface area contributed by atoms with Crippen molar-refractivity contribution < 1.29 is 23.8 Å².